The van der Waals surface area contributed by atoms with Gasteiger partial charge in [-0.25, -0.2) is 0 Å². The molecule has 1 atom stereocenters. The molecule has 3 aromatic rings. The van der Waals surface area contributed by atoms with Gasteiger partial charge in [0.15, 0.2) is 0 Å². The summed E-state index contributed by atoms with van der Waals surface area (Å²) in [5, 5.41) is 11.5. The smallest absolute Gasteiger partial charge is 0.300 e. The summed E-state index contributed by atoms with van der Waals surface area (Å²) in [5.74, 6) is -0.244. The maximum Gasteiger partial charge on any atom is 0.300 e. The summed E-state index contributed by atoms with van der Waals surface area (Å²) in [6.07, 6.45) is 0. The van der Waals surface area contributed by atoms with Crippen LogP contribution < -0.4 is 14.4 Å². The summed E-state index contributed by atoms with van der Waals surface area (Å²) < 4.78 is 11.4. The normalized spacial score (nSPS) is 17.2. The Morgan fingerprint density at radius 3 is 2.14 bits per heavy atom. The number of nitrogens with zero attached hydrogens (tertiary/aromatic N) is 1. The van der Waals surface area contributed by atoms with E-state index in [2.05, 4.69) is 20.8 Å². The van der Waals surface area contributed by atoms with Crippen LogP contribution in [0.15, 0.2) is 78.4 Å². The van der Waals surface area contributed by atoms with Gasteiger partial charge in [0.2, 0.25) is 0 Å². The Bertz CT molecular complexity index is 1320. The fraction of sp³-hybridized carbons (Fsp3) is 0.290. The number of rotatable bonds is 7. The number of aliphatic hydroxyl groups is 1. The van der Waals surface area contributed by atoms with Gasteiger partial charge < -0.3 is 14.6 Å². The summed E-state index contributed by atoms with van der Waals surface area (Å²) in [4.78, 5) is 28.3. The Kier molecular flexibility index (Phi) is 7.39. The fourth-order valence-corrected chi connectivity index (χ4v) is 4.62. The summed E-state index contributed by atoms with van der Waals surface area (Å²) >= 11 is 0. The number of amides is 1. The molecule has 1 N–H and O–H groups in total. The topological polar surface area (TPSA) is 76.1 Å². The highest BCUT2D eigenvalue weighted by Gasteiger charge is 2.47. The first-order chi connectivity index (χ1) is 17.7. The quantitative estimate of drug-likeness (QED) is 0.231. The van der Waals surface area contributed by atoms with Crippen LogP contribution in [0.2, 0.25) is 0 Å². The number of hydrogen-bond donors (Lipinski definition) is 1. The van der Waals surface area contributed by atoms with Crippen molar-refractivity contribution >= 4 is 23.1 Å². The van der Waals surface area contributed by atoms with Gasteiger partial charge in [-0.2, -0.15) is 0 Å². The van der Waals surface area contributed by atoms with E-state index >= 15 is 0 Å². The van der Waals surface area contributed by atoms with Crippen LogP contribution in [0.25, 0.3) is 5.76 Å². The van der Waals surface area contributed by atoms with Gasteiger partial charge in [0.25, 0.3) is 11.7 Å². The van der Waals surface area contributed by atoms with Gasteiger partial charge in [-0.1, -0.05) is 51.1 Å². The van der Waals surface area contributed by atoms with Crippen LogP contribution in [0, 0.1) is 0 Å². The van der Waals surface area contributed by atoms with Crippen LogP contribution in [-0.4, -0.2) is 30.0 Å². The number of anilines is 1. The number of carbonyl (C=O) groups is 2. The molecule has 37 heavy (non-hydrogen) atoms. The first-order valence-electron chi connectivity index (χ1n) is 12.5. The number of benzene rings is 3. The molecular weight excluding hydrogens is 466 g/mol. The maximum atomic E-state index is 13.4. The van der Waals surface area contributed by atoms with Crippen LogP contribution in [0.1, 0.15) is 57.4 Å². The van der Waals surface area contributed by atoms with Crippen molar-refractivity contribution in [1.29, 1.82) is 0 Å². The van der Waals surface area contributed by atoms with E-state index in [4.69, 9.17) is 9.47 Å². The van der Waals surface area contributed by atoms with Gasteiger partial charge in [0, 0.05) is 16.8 Å². The van der Waals surface area contributed by atoms with Gasteiger partial charge in [0.1, 0.15) is 17.3 Å². The van der Waals surface area contributed by atoms with E-state index in [-0.39, 0.29) is 16.7 Å². The predicted molar refractivity (Wildman–Crippen MR) is 145 cm³/mol. The third-order valence-corrected chi connectivity index (χ3v) is 6.35. The van der Waals surface area contributed by atoms with Gasteiger partial charge in [-0.15, -0.1) is 0 Å². The molecule has 3 aromatic carbocycles. The van der Waals surface area contributed by atoms with Crippen LogP contribution in [0.3, 0.4) is 0 Å². The van der Waals surface area contributed by atoms with Crippen molar-refractivity contribution in [2.24, 2.45) is 0 Å². The van der Waals surface area contributed by atoms with Gasteiger partial charge in [-0.05, 0) is 67.3 Å². The number of carbonyl (C=O) groups excluding carboxylic acids is 2. The van der Waals surface area contributed by atoms with E-state index in [1.165, 1.54) is 4.90 Å². The molecule has 0 aliphatic carbocycles. The Morgan fingerprint density at radius 1 is 0.892 bits per heavy atom. The average Bonchev–Trinajstić information content (AvgIpc) is 3.15. The maximum absolute atomic E-state index is 13.4. The van der Waals surface area contributed by atoms with E-state index in [9.17, 15) is 14.7 Å². The summed E-state index contributed by atoms with van der Waals surface area (Å²) in [6.45, 7) is 11.0. The minimum atomic E-state index is -0.788. The number of ether oxygens (including phenoxy) is 2. The number of ketones is 1. The van der Waals surface area contributed by atoms with Crippen molar-refractivity contribution in [3.63, 3.8) is 0 Å². The third kappa shape index (κ3) is 5.10. The summed E-state index contributed by atoms with van der Waals surface area (Å²) in [7, 11) is 0. The Morgan fingerprint density at radius 2 is 1.54 bits per heavy atom. The molecule has 1 unspecified atom stereocenters. The fourth-order valence-electron chi connectivity index (χ4n) is 4.62. The zero-order valence-corrected chi connectivity index (χ0v) is 21.9. The Labute approximate surface area is 218 Å². The minimum absolute atomic E-state index is 0.0501. The molecule has 6 nitrogen and oxygen atoms in total. The van der Waals surface area contributed by atoms with Crippen LogP contribution in [0.4, 0.5) is 5.69 Å². The second kappa shape index (κ2) is 10.5. The molecule has 0 aromatic heterocycles. The first kappa shape index (κ1) is 26.0. The number of Topliss-reactive ketones (excluding diaryl/α,β-unsaturated/α-hetero) is 1. The van der Waals surface area contributed by atoms with Crippen molar-refractivity contribution in [1.82, 2.24) is 0 Å². The Hall–Kier alpha value is -4.06. The molecule has 1 amide bonds. The first-order valence-corrected chi connectivity index (χ1v) is 12.5. The largest absolute Gasteiger partial charge is 0.507 e. The molecule has 4 rings (SSSR count). The van der Waals surface area contributed by atoms with E-state index in [1.54, 1.807) is 36.4 Å². The van der Waals surface area contributed by atoms with E-state index < -0.39 is 17.7 Å². The molecule has 1 aliphatic rings. The van der Waals surface area contributed by atoms with E-state index in [0.717, 1.165) is 16.9 Å². The summed E-state index contributed by atoms with van der Waals surface area (Å²) in [5.41, 5.74) is 2.40. The molecule has 6 heteroatoms. The molecular formula is C31H33NO5. The van der Waals surface area contributed by atoms with Gasteiger partial charge in [0.05, 0.1) is 24.8 Å². The van der Waals surface area contributed by atoms with Gasteiger partial charge >= 0.3 is 0 Å². The lowest BCUT2D eigenvalue weighted by Crippen LogP contribution is -2.29. The van der Waals surface area contributed by atoms with Crippen molar-refractivity contribution in [3.8, 4) is 11.5 Å². The molecule has 0 bridgehead atoms. The molecule has 0 radical (unpaired) electrons. The highest BCUT2D eigenvalue weighted by molar-refractivity contribution is 6.51. The highest BCUT2D eigenvalue weighted by Crippen LogP contribution is 2.43. The second-order valence-corrected chi connectivity index (χ2v) is 9.90. The SMILES string of the molecule is CCOc1ccc(N2C(=O)C(=O)/C(=C(\O)c3ccc(OCC)c(C(C)(C)C)c3)C2c2ccccc2)cc1. The summed E-state index contributed by atoms with van der Waals surface area (Å²) in [6, 6.07) is 20.9. The Balaban J connectivity index is 1.89. The van der Waals surface area contributed by atoms with Crippen molar-refractivity contribution in [3.05, 3.63) is 95.1 Å². The van der Waals surface area contributed by atoms with E-state index in [0.29, 0.717) is 30.2 Å². The number of hydrogen-bond acceptors (Lipinski definition) is 5. The lowest BCUT2D eigenvalue weighted by molar-refractivity contribution is -0.132. The highest BCUT2D eigenvalue weighted by atomic mass is 16.5. The van der Waals surface area contributed by atoms with Gasteiger partial charge in [-0.3, -0.25) is 14.5 Å². The molecule has 1 saturated heterocycles. The molecule has 0 spiro atoms. The third-order valence-electron chi connectivity index (χ3n) is 6.35. The lowest BCUT2D eigenvalue weighted by Gasteiger charge is -2.26. The van der Waals surface area contributed by atoms with Crippen molar-refractivity contribution in [2.75, 3.05) is 18.1 Å². The average molecular weight is 500 g/mol. The molecule has 192 valence electrons. The van der Waals surface area contributed by atoms with Crippen molar-refractivity contribution in [2.45, 2.75) is 46.1 Å². The lowest BCUT2D eigenvalue weighted by atomic mass is 9.84. The monoisotopic (exact) mass is 499 g/mol. The van der Waals surface area contributed by atoms with E-state index in [1.807, 2.05) is 50.2 Å². The van der Waals surface area contributed by atoms with Crippen LogP contribution in [0.5, 0.6) is 11.5 Å². The molecule has 1 aliphatic heterocycles. The molecule has 1 heterocycles. The molecule has 1 fully saturated rings. The molecule has 0 saturated carbocycles. The van der Waals surface area contributed by atoms with Crippen LogP contribution >= 0.6 is 0 Å². The zero-order chi connectivity index (χ0) is 26.7. The second-order valence-electron chi connectivity index (χ2n) is 9.90. The minimum Gasteiger partial charge on any atom is -0.507 e. The van der Waals surface area contributed by atoms with Crippen LogP contribution in [-0.2, 0) is 15.0 Å². The zero-order valence-electron chi connectivity index (χ0n) is 21.9. The standard InChI is InChI=1S/C31H33NO5/c1-6-36-23-16-14-22(15-17-23)32-27(20-11-9-8-10-12-20)26(29(34)30(32)35)28(33)21-13-18-25(37-7-2)24(19-21)31(3,4)5/h8-19,27,33H,6-7H2,1-5H3/b28-26-. The number of aliphatic hydroxyl groups excluding tert-OH is 1. The predicted octanol–water partition coefficient (Wildman–Crippen LogP) is 6.41. The van der Waals surface area contributed by atoms with Crippen molar-refractivity contribution < 1.29 is 24.2 Å².